The Bertz CT molecular complexity index is 1190. The Kier molecular flexibility index (Phi) is 6.18. The molecule has 2 aromatic heterocycles. The Morgan fingerprint density at radius 1 is 1.06 bits per heavy atom. The van der Waals surface area contributed by atoms with Gasteiger partial charge < -0.3 is 4.74 Å². The Morgan fingerprint density at radius 2 is 1.77 bits per heavy atom. The molecule has 4 aromatic rings. The van der Waals surface area contributed by atoms with Gasteiger partial charge in [-0.2, -0.15) is 5.10 Å². The second-order valence-corrected chi connectivity index (χ2v) is 7.47. The lowest BCUT2D eigenvalue weighted by Crippen LogP contribution is -2.17. The van der Waals surface area contributed by atoms with Crippen molar-refractivity contribution >= 4 is 28.3 Å². The highest BCUT2D eigenvalue weighted by Gasteiger charge is 2.19. The van der Waals surface area contributed by atoms with E-state index in [1.54, 1.807) is 23.1 Å². The van der Waals surface area contributed by atoms with Crippen LogP contribution < -0.4 is 5.32 Å². The van der Waals surface area contributed by atoms with Crippen molar-refractivity contribution in [2.75, 3.05) is 11.9 Å². The number of ether oxygens (including phenoxy) is 1. The van der Waals surface area contributed by atoms with E-state index in [0.717, 1.165) is 11.3 Å². The fourth-order valence-electron chi connectivity index (χ4n) is 3.03. The standard InChI is InChI=1S/C23H20N4O3S/c1-2-30-21(28)13-17-15-31-23(24-17)25-22(29)20-14-19(16-9-5-3-6-10-16)26-27(20)18-11-7-4-8-12-18/h3-12,14-15H,2,13H2,1H3,(H,24,25,29). The van der Waals surface area contributed by atoms with Gasteiger partial charge in [-0.1, -0.05) is 48.5 Å². The highest BCUT2D eigenvalue weighted by molar-refractivity contribution is 7.14. The highest BCUT2D eigenvalue weighted by Crippen LogP contribution is 2.23. The SMILES string of the molecule is CCOC(=O)Cc1csc(NC(=O)c2cc(-c3ccccc3)nn2-c2ccccc2)n1. The zero-order valence-electron chi connectivity index (χ0n) is 16.8. The minimum atomic E-state index is -0.347. The lowest BCUT2D eigenvalue weighted by atomic mass is 10.1. The van der Waals surface area contributed by atoms with Crippen molar-refractivity contribution < 1.29 is 14.3 Å². The minimum Gasteiger partial charge on any atom is -0.466 e. The number of anilines is 1. The molecule has 156 valence electrons. The number of benzene rings is 2. The zero-order chi connectivity index (χ0) is 21.6. The maximum atomic E-state index is 13.1. The van der Waals surface area contributed by atoms with E-state index in [-0.39, 0.29) is 18.3 Å². The molecule has 31 heavy (non-hydrogen) atoms. The predicted octanol–water partition coefficient (Wildman–Crippen LogP) is 4.35. The molecule has 7 nitrogen and oxygen atoms in total. The van der Waals surface area contributed by atoms with Crippen LogP contribution in [-0.2, 0) is 16.0 Å². The summed E-state index contributed by atoms with van der Waals surface area (Å²) >= 11 is 1.26. The second-order valence-electron chi connectivity index (χ2n) is 6.61. The zero-order valence-corrected chi connectivity index (χ0v) is 17.6. The molecule has 0 atom stereocenters. The van der Waals surface area contributed by atoms with Gasteiger partial charge in [-0.25, -0.2) is 9.67 Å². The molecule has 2 aromatic carbocycles. The monoisotopic (exact) mass is 432 g/mol. The number of rotatable bonds is 7. The molecule has 0 radical (unpaired) electrons. The van der Waals surface area contributed by atoms with Crippen molar-refractivity contribution in [3.05, 3.63) is 83.5 Å². The molecule has 0 spiro atoms. The number of aromatic nitrogens is 3. The number of hydrogen-bond donors (Lipinski definition) is 1. The third-order valence-electron chi connectivity index (χ3n) is 4.42. The summed E-state index contributed by atoms with van der Waals surface area (Å²) in [5, 5.41) is 9.61. The highest BCUT2D eigenvalue weighted by atomic mass is 32.1. The Labute approximate surface area is 183 Å². The summed E-state index contributed by atoms with van der Waals surface area (Å²) in [6, 6.07) is 20.9. The molecule has 1 N–H and O–H groups in total. The molecular formula is C23H20N4O3S. The normalized spacial score (nSPS) is 10.6. The largest absolute Gasteiger partial charge is 0.466 e. The fourth-order valence-corrected chi connectivity index (χ4v) is 3.73. The van der Waals surface area contributed by atoms with Crippen LogP contribution in [0, 0.1) is 0 Å². The molecule has 0 saturated carbocycles. The van der Waals surface area contributed by atoms with Crippen LogP contribution in [0.1, 0.15) is 23.1 Å². The summed E-state index contributed by atoms with van der Waals surface area (Å²) in [5.41, 5.74) is 3.32. The summed E-state index contributed by atoms with van der Waals surface area (Å²) in [6.45, 7) is 2.07. The molecule has 0 fully saturated rings. The molecule has 0 saturated heterocycles. The van der Waals surface area contributed by atoms with E-state index in [2.05, 4.69) is 15.4 Å². The molecule has 0 aliphatic heterocycles. The molecule has 0 bridgehead atoms. The van der Waals surface area contributed by atoms with Crippen molar-refractivity contribution in [2.45, 2.75) is 13.3 Å². The molecule has 2 heterocycles. The third kappa shape index (κ3) is 4.87. The quantitative estimate of drug-likeness (QED) is 0.439. The third-order valence-corrected chi connectivity index (χ3v) is 5.22. The molecular weight excluding hydrogens is 412 g/mol. The van der Waals surface area contributed by atoms with Crippen LogP contribution in [0.15, 0.2) is 72.1 Å². The van der Waals surface area contributed by atoms with Crippen molar-refractivity contribution in [3.8, 4) is 16.9 Å². The van der Waals surface area contributed by atoms with E-state index >= 15 is 0 Å². The van der Waals surface area contributed by atoms with Crippen molar-refractivity contribution in [1.29, 1.82) is 0 Å². The average Bonchev–Trinajstić information content (AvgIpc) is 3.42. The first-order valence-corrected chi connectivity index (χ1v) is 10.6. The van der Waals surface area contributed by atoms with Gasteiger partial charge in [-0.05, 0) is 25.1 Å². The van der Waals surface area contributed by atoms with E-state index in [9.17, 15) is 9.59 Å². The van der Waals surface area contributed by atoms with Gasteiger partial charge in [0.2, 0.25) is 0 Å². The van der Waals surface area contributed by atoms with Gasteiger partial charge in [-0.15, -0.1) is 11.3 Å². The minimum absolute atomic E-state index is 0.0698. The van der Waals surface area contributed by atoms with Gasteiger partial charge in [-0.3, -0.25) is 14.9 Å². The molecule has 0 aliphatic carbocycles. The number of carbonyl (C=O) groups excluding carboxylic acids is 2. The number of thiazole rings is 1. The van der Waals surface area contributed by atoms with Crippen LogP contribution >= 0.6 is 11.3 Å². The summed E-state index contributed by atoms with van der Waals surface area (Å²) in [6.07, 6.45) is 0.0698. The van der Waals surface area contributed by atoms with Gasteiger partial charge in [0.15, 0.2) is 5.13 Å². The number of amides is 1. The van der Waals surface area contributed by atoms with E-state index in [1.807, 2.05) is 60.7 Å². The number of esters is 1. The van der Waals surface area contributed by atoms with Crippen molar-refractivity contribution in [3.63, 3.8) is 0 Å². The number of para-hydroxylation sites is 1. The number of nitrogens with one attached hydrogen (secondary N) is 1. The lowest BCUT2D eigenvalue weighted by molar-refractivity contribution is -0.142. The van der Waals surface area contributed by atoms with Gasteiger partial charge >= 0.3 is 5.97 Å². The topological polar surface area (TPSA) is 86.1 Å². The van der Waals surface area contributed by atoms with E-state index in [4.69, 9.17) is 4.74 Å². The van der Waals surface area contributed by atoms with Crippen molar-refractivity contribution in [2.24, 2.45) is 0 Å². The maximum Gasteiger partial charge on any atom is 0.311 e. The van der Waals surface area contributed by atoms with E-state index in [1.165, 1.54) is 11.3 Å². The predicted molar refractivity (Wildman–Crippen MR) is 119 cm³/mol. The van der Waals surface area contributed by atoms with Gasteiger partial charge in [0, 0.05) is 10.9 Å². The molecule has 0 unspecified atom stereocenters. The van der Waals surface area contributed by atoms with Crippen LogP contribution in [0.25, 0.3) is 16.9 Å². The summed E-state index contributed by atoms with van der Waals surface area (Å²) in [7, 11) is 0. The summed E-state index contributed by atoms with van der Waals surface area (Å²) in [5.74, 6) is -0.684. The smallest absolute Gasteiger partial charge is 0.311 e. The van der Waals surface area contributed by atoms with E-state index < -0.39 is 0 Å². The van der Waals surface area contributed by atoms with Crippen LogP contribution in [0.4, 0.5) is 5.13 Å². The first-order chi connectivity index (χ1) is 15.1. The second kappa shape index (κ2) is 9.36. The Morgan fingerprint density at radius 3 is 2.48 bits per heavy atom. The van der Waals surface area contributed by atoms with Gasteiger partial charge in [0.1, 0.15) is 5.69 Å². The molecule has 8 heteroatoms. The van der Waals surface area contributed by atoms with Gasteiger partial charge in [0.25, 0.3) is 5.91 Å². The first-order valence-electron chi connectivity index (χ1n) is 9.76. The fraction of sp³-hybridized carbons (Fsp3) is 0.130. The summed E-state index contributed by atoms with van der Waals surface area (Å²) < 4.78 is 6.56. The summed E-state index contributed by atoms with van der Waals surface area (Å²) in [4.78, 5) is 29.1. The lowest BCUT2D eigenvalue weighted by Gasteiger charge is -2.06. The number of hydrogen-bond acceptors (Lipinski definition) is 6. The molecule has 0 aliphatic rings. The molecule has 1 amide bonds. The van der Waals surface area contributed by atoms with Crippen LogP contribution in [0.3, 0.4) is 0 Å². The first kappa shape index (κ1) is 20.5. The van der Waals surface area contributed by atoms with Crippen molar-refractivity contribution in [1.82, 2.24) is 14.8 Å². The van der Waals surface area contributed by atoms with Gasteiger partial charge in [0.05, 0.1) is 30.1 Å². The number of carbonyl (C=O) groups is 2. The van der Waals surface area contributed by atoms with Crippen LogP contribution in [0.5, 0.6) is 0 Å². The number of nitrogens with zero attached hydrogens (tertiary/aromatic N) is 3. The van der Waals surface area contributed by atoms with Crippen LogP contribution in [0.2, 0.25) is 0 Å². The maximum absolute atomic E-state index is 13.1. The van der Waals surface area contributed by atoms with E-state index in [0.29, 0.717) is 28.8 Å². The Balaban J connectivity index is 1.61. The average molecular weight is 433 g/mol. The Hall–Kier alpha value is -3.78. The molecule has 4 rings (SSSR count). The van der Waals surface area contributed by atoms with Crippen LogP contribution in [-0.4, -0.2) is 33.2 Å².